The summed E-state index contributed by atoms with van der Waals surface area (Å²) in [5.41, 5.74) is 1.61. The molecule has 0 unspecified atom stereocenters. The van der Waals surface area contributed by atoms with Crippen molar-refractivity contribution in [1.29, 1.82) is 5.26 Å². The number of nitrogens with zero attached hydrogens (tertiary/aromatic N) is 2. The highest BCUT2D eigenvalue weighted by Gasteiger charge is 2.51. The number of carbonyl (C=O) groups is 1. The van der Waals surface area contributed by atoms with E-state index in [0.29, 0.717) is 19.4 Å². The van der Waals surface area contributed by atoms with E-state index in [2.05, 4.69) is 17.1 Å². The molecule has 1 fully saturated rings. The van der Waals surface area contributed by atoms with Crippen LogP contribution in [-0.2, 0) is 11.2 Å². The zero-order valence-electron chi connectivity index (χ0n) is 11.5. The summed E-state index contributed by atoms with van der Waals surface area (Å²) in [6.45, 7) is 0.643. The third kappa shape index (κ3) is 2.05. The lowest BCUT2D eigenvalue weighted by Crippen LogP contribution is -2.34. The van der Waals surface area contributed by atoms with Crippen molar-refractivity contribution in [2.75, 3.05) is 13.6 Å². The molecule has 1 aromatic carbocycles. The van der Waals surface area contributed by atoms with Gasteiger partial charge < -0.3 is 9.88 Å². The van der Waals surface area contributed by atoms with Crippen molar-refractivity contribution < 1.29 is 4.79 Å². The zero-order valence-corrected chi connectivity index (χ0v) is 11.5. The topological polar surface area (TPSA) is 59.9 Å². The van der Waals surface area contributed by atoms with Crippen LogP contribution >= 0.6 is 0 Å². The molecule has 1 aromatic heterocycles. The summed E-state index contributed by atoms with van der Waals surface area (Å²) in [6, 6.07) is 10.3. The summed E-state index contributed by atoms with van der Waals surface area (Å²) in [7, 11) is 1.79. The van der Waals surface area contributed by atoms with Crippen LogP contribution in [0.3, 0.4) is 0 Å². The molecule has 102 valence electrons. The molecule has 2 aromatic rings. The third-order valence-corrected chi connectivity index (χ3v) is 4.11. The molecule has 1 saturated carbocycles. The van der Waals surface area contributed by atoms with Crippen LogP contribution in [-0.4, -0.2) is 29.4 Å². The average molecular weight is 267 g/mol. The highest BCUT2D eigenvalue weighted by atomic mass is 16.2. The largest absolute Gasteiger partial charge is 0.361 e. The minimum atomic E-state index is -0.713. The molecule has 1 amide bonds. The summed E-state index contributed by atoms with van der Waals surface area (Å²) < 4.78 is 0. The molecule has 3 rings (SSSR count). The number of H-pyrrole nitrogens is 1. The van der Waals surface area contributed by atoms with E-state index in [4.69, 9.17) is 5.26 Å². The van der Waals surface area contributed by atoms with E-state index in [9.17, 15) is 4.79 Å². The predicted molar refractivity (Wildman–Crippen MR) is 76.9 cm³/mol. The molecule has 1 N–H and O–H groups in total. The second-order valence-corrected chi connectivity index (χ2v) is 5.53. The number of likely N-dealkylation sites (N-methyl/N-ethyl adjacent to an activating group) is 1. The fourth-order valence-electron chi connectivity index (χ4n) is 2.59. The van der Waals surface area contributed by atoms with E-state index in [1.54, 1.807) is 11.9 Å². The number of hydrogen-bond donors (Lipinski definition) is 1. The van der Waals surface area contributed by atoms with Gasteiger partial charge in [-0.05, 0) is 30.9 Å². The molecule has 4 heteroatoms. The predicted octanol–water partition coefficient (Wildman–Crippen LogP) is 2.47. The molecule has 1 aliphatic carbocycles. The van der Waals surface area contributed by atoms with Crippen LogP contribution in [0.25, 0.3) is 10.9 Å². The van der Waals surface area contributed by atoms with Gasteiger partial charge in [0, 0.05) is 30.7 Å². The maximum atomic E-state index is 12.2. The van der Waals surface area contributed by atoms with Gasteiger partial charge in [-0.25, -0.2) is 0 Å². The Balaban J connectivity index is 1.68. The number of para-hydroxylation sites is 1. The summed E-state index contributed by atoms with van der Waals surface area (Å²) in [5.74, 6) is -0.0279. The molecule has 0 atom stereocenters. The lowest BCUT2D eigenvalue weighted by molar-refractivity contribution is -0.133. The fraction of sp³-hybridized carbons (Fsp3) is 0.375. The molecule has 0 bridgehead atoms. The summed E-state index contributed by atoms with van der Waals surface area (Å²) >= 11 is 0. The highest BCUT2D eigenvalue weighted by molar-refractivity contribution is 5.88. The van der Waals surface area contributed by atoms with Gasteiger partial charge in [0.2, 0.25) is 5.91 Å². The smallest absolute Gasteiger partial charge is 0.242 e. The van der Waals surface area contributed by atoms with Crippen molar-refractivity contribution >= 4 is 16.8 Å². The summed E-state index contributed by atoms with van der Waals surface area (Å²) in [4.78, 5) is 17.1. The number of nitrogens with one attached hydrogen (secondary N) is 1. The monoisotopic (exact) mass is 267 g/mol. The molecule has 1 heterocycles. The van der Waals surface area contributed by atoms with Crippen LogP contribution in [0.1, 0.15) is 18.4 Å². The Kier molecular flexibility index (Phi) is 2.98. The van der Waals surface area contributed by atoms with Gasteiger partial charge in [-0.1, -0.05) is 18.2 Å². The Hall–Kier alpha value is -2.28. The normalized spacial score (nSPS) is 15.8. The Morgan fingerprint density at radius 2 is 2.20 bits per heavy atom. The van der Waals surface area contributed by atoms with E-state index in [0.717, 1.165) is 11.9 Å². The number of rotatable bonds is 4. The zero-order chi connectivity index (χ0) is 14.2. The second kappa shape index (κ2) is 4.68. The van der Waals surface area contributed by atoms with E-state index >= 15 is 0 Å². The van der Waals surface area contributed by atoms with Gasteiger partial charge >= 0.3 is 0 Å². The Morgan fingerprint density at radius 3 is 2.90 bits per heavy atom. The summed E-state index contributed by atoms with van der Waals surface area (Å²) in [5, 5.41) is 10.3. The number of aromatic nitrogens is 1. The first-order valence-electron chi connectivity index (χ1n) is 6.88. The van der Waals surface area contributed by atoms with Crippen LogP contribution in [0.4, 0.5) is 0 Å². The lowest BCUT2D eigenvalue weighted by Gasteiger charge is -2.19. The molecule has 4 nitrogen and oxygen atoms in total. The van der Waals surface area contributed by atoms with Gasteiger partial charge in [-0.15, -0.1) is 0 Å². The van der Waals surface area contributed by atoms with Gasteiger partial charge in [0.15, 0.2) is 0 Å². The van der Waals surface area contributed by atoms with Gasteiger partial charge in [-0.2, -0.15) is 5.26 Å². The molecule has 0 radical (unpaired) electrons. The number of hydrogen-bond acceptors (Lipinski definition) is 2. The first-order valence-corrected chi connectivity index (χ1v) is 6.88. The first-order chi connectivity index (χ1) is 9.66. The molecule has 20 heavy (non-hydrogen) atoms. The highest BCUT2D eigenvalue weighted by Crippen LogP contribution is 2.46. The lowest BCUT2D eigenvalue weighted by atomic mass is 10.1. The minimum absolute atomic E-state index is 0.0279. The van der Waals surface area contributed by atoms with Crippen LogP contribution in [0, 0.1) is 16.7 Å². The van der Waals surface area contributed by atoms with Crippen LogP contribution in [0.5, 0.6) is 0 Å². The number of fused-ring (bicyclic) bond motifs is 1. The molecule has 0 spiro atoms. The third-order valence-electron chi connectivity index (χ3n) is 4.11. The van der Waals surface area contributed by atoms with Crippen molar-refractivity contribution in [2.45, 2.75) is 19.3 Å². The number of benzene rings is 1. The van der Waals surface area contributed by atoms with Crippen LogP contribution < -0.4 is 0 Å². The Labute approximate surface area is 118 Å². The second-order valence-electron chi connectivity index (χ2n) is 5.53. The maximum Gasteiger partial charge on any atom is 0.242 e. The quantitative estimate of drug-likeness (QED) is 0.925. The Morgan fingerprint density at radius 1 is 1.45 bits per heavy atom. The Bertz CT molecular complexity index is 691. The van der Waals surface area contributed by atoms with Crippen molar-refractivity contribution in [2.24, 2.45) is 5.41 Å². The van der Waals surface area contributed by atoms with Gasteiger partial charge in [0.05, 0.1) is 6.07 Å². The van der Waals surface area contributed by atoms with E-state index < -0.39 is 5.41 Å². The first kappa shape index (κ1) is 12.7. The standard InChI is InChI=1S/C16H17N3O/c1-19(15(20)16(11-17)7-8-16)9-6-12-10-18-14-5-3-2-4-13(12)14/h2-5,10,18H,6-9H2,1H3. The molecule has 1 aliphatic rings. The average Bonchev–Trinajstić information content (AvgIpc) is 3.18. The van der Waals surface area contributed by atoms with E-state index in [-0.39, 0.29) is 5.91 Å². The number of nitriles is 1. The minimum Gasteiger partial charge on any atom is -0.361 e. The number of carbonyl (C=O) groups excluding carboxylic acids is 1. The van der Waals surface area contributed by atoms with E-state index in [1.807, 2.05) is 24.4 Å². The van der Waals surface area contributed by atoms with Crippen molar-refractivity contribution in [1.82, 2.24) is 9.88 Å². The van der Waals surface area contributed by atoms with Gasteiger partial charge in [0.1, 0.15) is 5.41 Å². The molecule has 0 saturated heterocycles. The van der Waals surface area contributed by atoms with Crippen LogP contribution in [0.15, 0.2) is 30.5 Å². The van der Waals surface area contributed by atoms with Crippen molar-refractivity contribution in [3.63, 3.8) is 0 Å². The SMILES string of the molecule is CN(CCc1c[nH]c2ccccc12)C(=O)C1(C#N)CC1. The van der Waals surface area contributed by atoms with Gasteiger partial charge in [-0.3, -0.25) is 4.79 Å². The fourth-order valence-corrected chi connectivity index (χ4v) is 2.59. The molecule has 0 aliphatic heterocycles. The molecular formula is C16H17N3O. The number of aromatic amines is 1. The maximum absolute atomic E-state index is 12.2. The van der Waals surface area contributed by atoms with Crippen molar-refractivity contribution in [3.8, 4) is 6.07 Å². The van der Waals surface area contributed by atoms with Crippen LogP contribution in [0.2, 0.25) is 0 Å². The van der Waals surface area contributed by atoms with Crippen molar-refractivity contribution in [3.05, 3.63) is 36.0 Å². The van der Waals surface area contributed by atoms with Gasteiger partial charge in [0.25, 0.3) is 0 Å². The summed E-state index contributed by atoms with van der Waals surface area (Å²) in [6.07, 6.45) is 4.22. The molecular weight excluding hydrogens is 250 g/mol. The van der Waals surface area contributed by atoms with E-state index in [1.165, 1.54) is 10.9 Å². The number of amides is 1.